The van der Waals surface area contributed by atoms with Gasteiger partial charge >= 0.3 is 0 Å². The number of rotatable bonds is 3. The second-order valence-electron chi connectivity index (χ2n) is 4.80. The fraction of sp³-hybridized carbons (Fsp3) is 0.250. The lowest BCUT2D eigenvalue weighted by atomic mass is 10.1. The average molecular weight is 256 g/mol. The molecule has 3 heteroatoms. The molecular formula is C16H20N2O. The van der Waals surface area contributed by atoms with E-state index in [2.05, 4.69) is 18.3 Å². The van der Waals surface area contributed by atoms with Crippen LogP contribution < -0.4 is 15.8 Å². The third-order valence-electron chi connectivity index (χ3n) is 3.31. The van der Waals surface area contributed by atoms with Gasteiger partial charge in [0.25, 0.3) is 0 Å². The van der Waals surface area contributed by atoms with Crippen LogP contribution in [0.2, 0.25) is 0 Å². The van der Waals surface area contributed by atoms with E-state index in [4.69, 9.17) is 10.5 Å². The molecule has 0 saturated heterocycles. The zero-order valence-electron chi connectivity index (χ0n) is 11.9. The Bertz CT molecular complexity index is 586. The highest BCUT2D eigenvalue weighted by Crippen LogP contribution is 2.31. The van der Waals surface area contributed by atoms with E-state index in [0.717, 1.165) is 39.5 Å². The van der Waals surface area contributed by atoms with Crippen LogP contribution in [0.4, 0.5) is 17.1 Å². The van der Waals surface area contributed by atoms with Crippen molar-refractivity contribution in [2.45, 2.75) is 20.8 Å². The second kappa shape index (κ2) is 5.22. The molecule has 2 aromatic carbocycles. The summed E-state index contributed by atoms with van der Waals surface area (Å²) in [5, 5.41) is 3.42. The number of ether oxygens (including phenoxy) is 1. The number of nitrogen functional groups attached to an aromatic ring is 1. The molecule has 3 nitrogen and oxygen atoms in total. The second-order valence-corrected chi connectivity index (χ2v) is 4.80. The molecule has 0 atom stereocenters. The minimum absolute atomic E-state index is 0.757. The van der Waals surface area contributed by atoms with Crippen LogP contribution in [0.25, 0.3) is 0 Å². The van der Waals surface area contributed by atoms with Gasteiger partial charge in [-0.15, -0.1) is 0 Å². The van der Waals surface area contributed by atoms with E-state index in [0.29, 0.717) is 0 Å². The first-order chi connectivity index (χ1) is 9.02. The molecule has 0 amide bonds. The zero-order chi connectivity index (χ0) is 14.0. The SMILES string of the molecule is COc1cc(C)c(Nc2c(C)cccc2N)cc1C. The lowest BCUT2D eigenvalue weighted by Crippen LogP contribution is -2.01. The van der Waals surface area contributed by atoms with Crippen molar-refractivity contribution in [3.05, 3.63) is 47.0 Å². The van der Waals surface area contributed by atoms with Crippen LogP contribution in [0, 0.1) is 20.8 Å². The molecule has 0 heterocycles. The van der Waals surface area contributed by atoms with Gasteiger partial charge in [-0.1, -0.05) is 12.1 Å². The number of benzene rings is 2. The summed E-state index contributed by atoms with van der Waals surface area (Å²) in [6.45, 7) is 6.13. The van der Waals surface area contributed by atoms with Crippen molar-refractivity contribution in [3.63, 3.8) is 0 Å². The summed E-state index contributed by atoms with van der Waals surface area (Å²) >= 11 is 0. The number of nitrogens with two attached hydrogens (primary N) is 1. The van der Waals surface area contributed by atoms with Gasteiger partial charge in [-0.2, -0.15) is 0 Å². The van der Waals surface area contributed by atoms with Gasteiger partial charge in [-0.3, -0.25) is 0 Å². The van der Waals surface area contributed by atoms with Crippen LogP contribution >= 0.6 is 0 Å². The highest BCUT2D eigenvalue weighted by molar-refractivity contribution is 5.77. The van der Waals surface area contributed by atoms with Gasteiger partial charge in [0.1, 0.15) is 5.75 Å². The highest BCUT2D eigenvalue weighted by atomic mass is 16.5. The molecule has 0 radical (unpaired) electrons. The standard InChI is InChI=1S/C16H20N2O/c1-10-6-5-7-13(17)16(10)18-14-8-12(3)15(19-4)9-11(14)2/h5-9,18H,17H2,1-4H3. The Hall–Kier alpha value is -2.16. The van der Waals surface area contributed by atoms with Crippen molar-refractivity contribution in [2.24, 2.45) is 0 Å². The number of nitrogens with one attached hydrogen (secondary N) is 1. The molecule has 0 spiro atoms. The van der Waals surface area contributed by atoms with E-state index < -0.39 is 0 Å². The van der Waals surface area contributed by atoms with Gasteiger partial charge in [0.2, 0.25) is 0 Å². The lowest BCUT2D eigenvalue weighted by molar-refractivity contribution is 0.411. The number of hydrogen-bond donors (Lipinski definition) is 2. The number of anilines is 3. The largest absolute Gasteiger partial charge is 0.496 e. The smallest absolute Gasteiger partial charge is 0.122 e. The Morgan fingerprint density at radius 2 is 1.74 bits per heavy atom. The van der Waals surface area contributed by atoms with Crippen molar-refractivity contribution in [1.29, 1.82) is 0 Å². The van der Waals surface area contributed by atoms with Crippen molar-refractivity contribution >= 4 is 17.1 Å². The first-order valence-electron chi connectivity index (χ1n) is 6.30. The van der Waals surface area contributed by atoms with Gasteiger partial charge in [0.15, 0.2) is 0 Å². The lowest BCUT2D eigenvalue weighted by Gasteiger charge is -2.16. The number of methoxy groups -OCH3 is 1. The topological polar surface area (TPSA) is 47.3 Å². The van der Waals surface area contributed by atoms with Crippen molar-refractivity contribution in [3.8, 4) is 5.75 Å². The average Bonchev–Trinajstić information content (AvgIpc) is 2.37. The summed E-state index contributed by atoms with van der Waals surface area (Å²) < 4.78 is 5.33. The van der Waals surface area contributed by atoms with E-state index in [1.807, 2.05) is 38.1 Å². The minimum atomic E-state index is 0.757. The zero-order valence-corrected chi connectivity index (χ0v) is 11.9. The summed E-state index contributed by atoms with van der Waals surface area (Å²) in [7, 11) is 1.69. The van der Waals surface area contributed by atoms with Gasteiger partial charge in [-0.25, -0.2) is 0 Å². The summed E-state index contributed by atoms with van der Waals surface area (Å²) in [4.78, 5) is 0. The maximum Gasteiger partial charge on any atom is 0.122 e. The summed E-state index contributed by atoms with van der Waals surface area (Å²) in [6.07, 6.45) is 0. The summed E-state index contributed by atoms with van der Waals surface area (Å²) in [5.41, 5.74) is 12.2. The molecule has 0 aliphatic heterocycles. The maximum atomic E-state index is 6.03. The third-order valence-corrected chi connectivity index (χ3v) is 3.31. The number of hydrogen-bond acceptors (Lipinski definition) is 3. The first kappa shape index (κ1) is 13.3. The molecule has 0 unspecified atom stereocenters. The predicted octanol–water partition coefficient (Wildman–Crippen LogP) is 3.95. The van der Waals surface area contributed by atoms with Crippen molar-refractivity contribution in [1.82, 2.24) is 0 Å². The van der Waals surface area contributed by atoms with Gasteiger partial charge < -0.3 is 15.8 Å². The van der Waals surface area contributed by atoms with Crippen LogP contribution in [0.3, 0.4) is 0 Å². The van der Waals surface area contributed by atoms with Gasteiger partial charge in [0.05, 0.1) is 18.5 Å². The van der Waals surface area contributed by atoms with Gasteiger partial charge in [0, 0.05) is 5.69 Å². The Balaban J connectivity index is 2.41. The summed E-state index contributed by atoms with van der Waals surface area (Å²) in [5.74, 6) is 0.904. The molecule has 0 bridgehead atoms. The number of para-hydroxylation sites is 1. The number of aryl methyl sites for hydroxylation is 3. The Morgan fingerprint density at radius 1 is 1.00 bits per heavy atom. The maximum absolute atomic E-state index is 6.03. The molecule has 2 aromatic rings. The first-order valence-corrected chi connectivity index (χ1v) is 6.30. The van der Waals surface area contributed by atoms with Crippen molar-refractivity contribution in [2.75, 3.05) is 18.2 Å². The normalized spacial score (nSPS) is 10.3. The third kappa shape index (κ3) is 2.65. The highest BCUT2D eigenvalue weighted by Gasteiger charge is 2.08. The molecule has 3 N–H and O–H groups in total. The van der Waals surface area contributed by atoms with Crippen LogP contribution in [-0.4, -0.2) is 7.11 Å². The Labute approximate surface area is 114 Å². The molecule has 2 rings (SSSR count). The molecule has 19 heavy (non-hydrogen) atoms. The molecule has 0 aromatic heterocycles. The quantitative estimate of drug-likeness (QED) is 0.817. The summed E-state index contributed by atoms with van der Waals surface area (Å²) in [6, 6.07) is 10.0. The molecule has 0 aliphatic carbocycles. The van der Waals surface area contributed by atoms with Crippen LogP contribution in [-0.2, 0) is 0 Å². The van der Waals surface area contributed by atoms with Crippen LogP contribution in [0.15, 0.2) is 30.3 Å². The molecule has 0 fully saturated rings. The fourth-order valence-corrected chi connectivity index (χ4v) is 2.14. The van der Waals surface area contributed by atoms with Crippen LogP contribution in [0.5, 0.6) is 5.75 Å². The van der Waals surface area contributed by atoms with Crippen molar-refractivity contribution < 1.29 is 4.74 Å². The monoisotopic (exact) mass is 256 g/mol. The van der Waals surface area contributed by atoms with E-state index in [1.54, 1.807) is 7.11 Å². The van der Waals surface area contributed by atoms with Crippen LogP contribution in [0.1, 0.15) is 16.7 Å². The molecule has 100 valence electrons. The van der Waals surface area contributed by atoms with Gasteiger partial charge in [-0.05, 0) is 55.7 Å². The van der Waals surface area contributed by atoms with E-state index >= 15 is 0 Å². The van der Waals surface area contributed by atoms with E-state index in [1.165, 1.54) is 0 Å². The molecule has 0 saturated carbocycles. The van der Waals surface area contributed by atoms with E-state index in [9.17, 15) is 0 Å². The Kier molecular flexibility index (Phi) is 3.65. The molecular weight excluding hydrogens is 236 g/mol. The minimum Gasteiger partial charge on any atom is -0.496 e. The fourth-order valence-electron chi connectivity index (χ4n) is 2.14. The predicted molar refractivity (Wildman–Crippen MR) is 81.3 cm³/mol. The Morgan fingerprint density at radius 3 is 2.37 bits per heavy atom. The molecule has 0 aliphatic rings. The van der Waals surface area contributed by atoms with E-state index in [-0.39, 0.29) is 0 Å².